The minimum absolute atomic E-state index is 0.923. The molecule has 0 radical (unpaired) electrons. The molecule has 0 aliphatic carbocycles. The molecule has 0 spiro atoms. The molecule has 0 N–H and O–H groups in total. The van der Waals surface area contributed by atoms with Crippen molar-refractivity contribution >= 4 is 177 Å². The molecule has 0 amide bonds. The molecule has 12 aromatic heterocycles. The molecule has 120 heavy (non-hydrogen) atoms. The highest BCUT2D eigenvalue weighted by molar-refractivity contribution is 7.26. The van der Waals surface area contributed by atoms with E-state index in [0.29, 0.717) is 0 Å². The summed E-state index contributed by atoms with van der Waals surface area (Å²) < 4.78 is 14.4. The Balaban J connectivity index is 0.000000103. The van der Waals surface area contributed by atoms with Gasteiger partial charge in [-0.05, 0) is 183 Å². The maximum absolute atomic E-state index is 5.17. The minimum Gasteiger partial charge on any atom is -0.298 e. The fourth-order valence-electron chi connectivity index (χ4n) is 17.6. The molecule has 14 aromatic carbocycles. The van der Waals surface area contributed by atoms with E-state index in [1.807, 2.05) is 94.7 Å². The lowest BCUT2D eigenvalue weighted by Gasteiger charge is -2.10. The van der Waals surface area contributed by atoms with Crippen LogP contribution >= 0.6 is 34.0 Å². The molecular formula is C108H65N9S3. The van der Waals surface area contributed by atoms with Crippen LogP contribution in [0.25, 0.3) is 233 Å². The summed E-state index contributed by atoms with van der Waals surface area (Å²) >= 11 is 5.56. The van der Waals surface area contributed by atoms with Gasteiger partial charge in [0.25, 0.3) is 0 Å². The predicted octanol–water partition coefficient (Wildman–Crippen LogP) is 29.5. The van der Waals surface area contributed by atoms with Crippen LogP contribution in [-0.2, 0) is 0 Å². The molecule has 0 fully saturated rings. The second kappa shape index (κ2) is 28.3. The van der Waals surface area contributed by atoms with Gasteiger partial charge < -0.3 is 0 Å². The van der Waals surface area contributed by atoms with E-state index in [2.05, 4.69) is 347 Å². The number of para-hydroxylation sites is 3. The zero-order chi connectivity index (χ0) is 78.9. The molecule has 12 heterocycles. The highest BCUT2D eigenvalue weighted by Crippen LogP contribution is 2.44. The van der Waals surface area contributed by atoms with Crippen molar-refractivity contribution in [2.45, 2.75) is 0 Å². The number of fused-ring (bicyclic) bond motifs is 24. The van der Waals surface area contributed by atoms with Gasteiger partial charge in [-0.15, -0.1) is 34.0 Å². The number of benzene rings is 14. The summed E-state index contributed by atoms with van der Waals surface area (Å²) in [6.45, 7) is 0. The molecule has 0 saturated carbocycles. The van der Waals surface area contributed by atoms with Gasteiger partial charge >= 0.3 is 0 Å². The van der Waals surface area contributed by atoms with Gasteiger partial charge in [0.1, 0.15) is 33.5 Å². The van der Waals surface area contributed by atoms with Gasteiger partial charge in [0.15, 0.2) is 0 Å². The maximum Gasteiger partial charge on any atom is 0.137 e. The van der Waals surface area contributed by atoms with E-state index in [1.54, 1.807) is 0 Å². The number of aromatic nitrogens is 9. The van der Waals surface area contributed by atoms with Gasteiger partial charge in [0, 0.05) is 112 Å². The normalized spacial score (nSPS) is 11.8. The molecular weight excluding hydrogens is 1520 g/mol. The van der Waals surface area contributed by atoms with Gasteiger partial charge in [-0.25, -0.2) is 29.9 Å². The predicted molar refractivity (Wildman–Crippen MR) is 506 cm³/mol. The molecule has 0 aliphatic rings. The first-order chi connectivity index (χ1) is 59.4. The van der Waals surface area contributed by atoms with E-state index in [1.165, 1.54) is 111 Å². The fraction of sp³-hybridized carbons (Fsp3) is 0. The zero-order valence-corrected chi connectivity index (χ0v) is 66.7. The molecule has 0 atom stereocenters. The van der Waals surface area contributed by atoms with Crippen LogP contribution in [-0.4, -0.2) is 43.1 Å². The van der Waals surface area contributed by atoms with Crippen molar-refractivity contribution in [2.75, 3.05) is 0 Å². The van der Waals surface area contributed by atoms with Gasteiger partial charge in [-0.3, -0.25) is 13.2 Å². The van der Waals surface area contributed by atoms with Crippen molar-refractivity contribution in [1.29, 1.82) is 0 Å². The summed E-state index contributed by atoms with van der Waals surface area (Å²) in [6.07, 6.45) is 6.22. The summed E-state index contributed by atoms with van der Waals surface area (Å²) in [4.78, 5) is 30.4. The van der Waals surface area contributed by atoms with Crippen molar-refractivity contribution < 1.29 is 0 Å². The molecule has 0 aliphatic heterocycles. The van der Waals surface area contributed by atoms with Crippen LogP contribution in [0, 0.1) is 0 Å². The van der Waals surface area contributed by atoms with Gasteiger partial charge in [-0.2, -0.15) is 0 Å². The quantitative estimate of drug-likeness (QED) is 0.151. The summed E-state index contributed by atoms with van der Waals surface area (Å²) in [5.74, 6) is 0. The average Bonchev–Trinajstić information content (AvgIpc) is 1.57. The number of hydrogen-bond donors (Lipinski definition) is 0. The lowest BCUT2D eigenvalue weighted by Crippen LogP contribution is -1.92. The van der Waals surface area contributed by atoms with E-state index < -0.39 is 0 Å². The highest BCUT2D eigenvalue weighted by Gasteiger charge is 2.22. The number of pyridine rings is 6. The average molecular weight is 1580 g/mol. The number of imidazole rings is 3. The Labute approximate surface area is 699 Å². The molecule has 26 aromatic rings. The number of hydrogen-bond acceptors (Lipinski definition) is 9. The molecule has 0 bridgehead atoms. The Bertz CT molecular complexity index is 8640. The van der Waals surface area contributed by atoms with Crippen LogP contribution in [0.4, 0.5) is 0 Å². The number of nitrogens with zero attached hydrogens (tertiary/aromatic N) is 9. The first kappa shape index (κ1) is 69.2. The van der Waals surface area contributed by atoms with Crippen LogP contribution in [0.5, 0.6) is 0 Å². The number of thiophene rings is 3. The third kappa shape index (κ3) is 11.8. The first-order valence-electron chi connectivity index (χ1n) is 40.2. The molecule has 9 nitrogen and oxygen atoms in total. The van der Waals surface area contributed by atoms with E-state index in [-0.39, 0.29) is 0 Å². The Kier molecular flexibility index (Phi) is 16.3. The molecule has 560 valence electrons. The van der Waals surface area contributed by atoms with Crippen molar-refractivity contribution in [3.63, 3.8) is 0 Å². The zero-order valence-electron chi connectivity index (χ0n) is 64.3. The number of rotatable bonds is 8. The smallest absolute Gasteiger partial charge is 0.137 e. The van der Waals surface area contributed by atoms with Crippen molar-refractivity contribution in [3.05, 3.63) is 395 Å². The Morgan fingerprint density at radius 1 is 0.167 bits per heavy atom. The Hall–Kier alpha value is -15.2. The lowest BCUT2D eigenvalue weighted by molar-refractivity contribution is 1.22. The SMILES string of the molecule is c1cc(-c2ccc(-c3ccc4sc5ccccc5c4c3)cc2)cc(-c2nc3ccccc3c3nc4ccccn4c23)c1.c1cc(-c2ccc(-c3nc4ccccc4c4nc5ccccn5c34)cc2)cc(-c2ccc3sc4ccccc4c3c2)c1.c1cc(-c2ccc3sc4ccccc4c3c2)cc(-c2nc3ccccc3c3nc4ccccn4c23)c1. The topological polar surface area (TPSA) is 90.6 Å². The summed E-state index contributed by atoms with van der Waals surface area (Å²) in [5.41, 5.74) is 29.8. The third-order valence-corrected chi connectivity index (χ3v) is 26.9. The van der Waals surface area contributed by atoms with E-state index >= 15 is 0 Å². The highest BCUT2D eigenvalue weighted by atomic mass is 32.1. The molecule has 0 unspecified atom stereocenters. The fourth-order valence-corrected chi connectivity index (χ4v) is 20.9. The van der Waals surface area contributed by atoms with Gasteiger partial charge in [-0.1, -0.05) is 249 Å². The first-order valence-corrected chi connectivity index (χ1v) is 42.6. The van der Waals surface area contributed by atoms with Crippen molar-refractivity contribution in [3.8, 4) is 89.4 Å². The Morgan fingerprint density at radius 3 is 0.775 bits per heavy atom. The van der Waals surface area contributed by atoms with Crippen LogP contribution in [0.2, 0.25) is 0 Å². The summed E-state index contributed by atoms with van der Waals surface area (Å²) in [6, 6.07) is 134. The van der Waals surface area contributed by atoms with Gasteiger partial charge in [0.05, 0.1) is 50.2 Å². The lowest BCUT2D eigenvalue weighted by atomic mass is 9.97. The van der Waals surface area contributed by atoms with Crippen LogP contribution < -0.4 is 0 Å². The van der Waals surface area contributed by atoms with E-state index in [9.17, 15) is 0 Å². The Morgan fingerprint density at radius 2 is 0.417 bits per heavy atom. The standard InChI is InChI=1S/2C38H23N3S.C32H19N3S/c1-3-12-32-30(11-1)37-38(41-21-6-5-14-35(41)40-37)36(39-32)28-9-7-8-26(22-28)24-15-17-25(18-16-24)27-19-20-34-31(23-27)29-10-2-4-13-33(29)42-34;1-3-12-32-30(11-1)37-38(41-21-6-5-14-35(41)40-37)36(39-32)25-17-15-24(16-18-25)26-8-7-9-27(22-26)28-19-20-34-31(23-28)29-10-2-4-13-33(29)42-34;1-3-12-26-24(11-1)31-32(35-17-6-5-14-29(35)34-31)30(33-26)22-9-7-8-20(18-22)21-15-16-28-25(19-21)23-10-2-4-13-27(23)36-28/h2*1-23H;1-19H. The van der Waals surface area contributed by atoms with Crippen LogP contribution in [0.15, 0.2) is 395 Å². The summed E-state index contributed by atoms with van der Waals surface area (Å²) in [7, 11) is 0. The van der Waals surface area contributed by atoms with Crippen LogP contribution in [0.1, 0.15) is 0 Å². The second-order valence-corrected chi connectivity index (χ2v) is 33.7. The maximum atomic E-state index is 5.17. The van der Waals surface area contributed by atoms with Crippen molar-refractivity contribution in [2.24, 2.45) is 0 Å². The monoisotopic (exact) mass is 1580 g/mol. The van der Waals surface area contributed by atoms with Crippen molar-refractivity contribution in [1.82, 2.24) is 43.1 Å². The van der Waals surface area contributed by atoms with Crippen LogP contribution in [0.3, 0.4) is 0 Å². The molecule has 12 heteroatoms. The van der Waals surface area contributed by atoms with E-state index in [0.717, 1.165) is 122 Å². The third-order valence-electron chi connectivity index (χ3n) is 23.4. The van der Waals surface area contributed by atoms with E-state index in [4.69, 9.17) is 29.9 Å². The molecule has 26 rings (SSSR count). The summed E-state index contributed by atoms with van der Waals surface area (Å²) in [5, 5.41) is 11.2. The van der Waals surface area contributed by atoms with Gasteiger partial charge in [0.2, 0.25) is 0 Å². The minimum atomic E-state index is 0.923. The molecule has 0 saturated heterocycles. The second-order valence-electron chi connectivity index (χ2n) is 30.5. The largest absolute Gasteiger partial charge is 0.298 e.